The molecular weight excluding hydrogens is 296 g/mol. The number of aromatic amines is 1. The number of carbonyl (C=O) groups excluding carboxylic acids is 1. The minimum absolute atomic E-state index is 0.0910. The van der Waals surface area contributed by atoms with Gasteiger partial charge in [-0.15, -0.1) is 0 Å². The molecule has 2 heterocycles. The van der Waals surface area contributed by atoms with Crippen LogP contribution in [0, 0.1) is 5.92 Å². The number of nitrogens with one attached hydrogen (secondary N) is 1. The Balaban J connectivity index is 1.90. The van der Waals surface area contributed by atoms with E-state index < -0.39 is 12.2 Å². The minimum Gasteiger partial charge on any atom is -0.393 e. The molecule has 0 saturated carbocycles. The lowest BCUT2D eigenvalue weighted by atomic mass is 9.92. The fourth-order valence-electron chi connectivity index (χ4n) is 3.66. The molecule has 23 heavy (non-hydrogen) atoms. The summed E-state index contributed by atoms with van der Waals surface area (Å²) in [6.45, 7) is 2.98. The third-order valence-electron chi connectivity index (χ3n) is 4.88. The molecule has 0 radical (unpaired) electrons. The highest BCUT2D eigenvalue weighted by Crippen LogP contribution is 2.28. The lowest BCUT2D eigenvalue weighted by Gasteiger charge is -2.24. The smallest absolute Gasteiger partial charge is 0.261 e. The van der Waals surface area contributed by atoms with E-state index in [0.29, 0.717) is 37.9 Å². The van der Waals surface area contributed by atoms with E-state index in [-0.39, 0.29) is 22.9 Å². The monoisotopic (exact) mass is 320 g/mol. The molecule has 1 aromatic heterocycles. The first kappa shape index (κ1) is 16.2. The predicted molar refractivity (Wildman–Crippen MR) is 85.3 cm³/mol. The van der Waals surface area contributed by atoms with Crippen LogP contribution in [0.25, 0.3) is 0 Å². The Labute approximate surface area is 135 Å². The molecule has 1 aromatic rings. The molecule has 126 valence electrons. The van der Waals surface area contributed by atoms with Crippen molar-refractivity contribution >= 4 is 5.91 Å². The number of fused-ring (bicyclic) bond motifs is 1. The highest BCUT2D eigenvalue weighted by Gasteiger charge is 2.28. The Morgan fingerprint density at radius 1 is 1.35 bits per heavy atom. The zero-order valence-corrected chi connectivity index (χ0v) is 13.4. The molecule has 6 nitrogen and oxygen atoms in total. The van der Waals surface area contributed by atoms with Crippen molar-refractivity contribution in [1.82, 2.24) is 9.88 Å². The van der Waals surface area contributed by atoms with Gasteiger partial charge in [-0.05, 0) is 44.1 Å². The van der Waals surface area contributed by atoms with E-state index in [2.05, 4.69) is 4.98 Å². The molecule has 0 spiro atoms. The van der Waals surface area contributed by atoms with Gasteiger partial charge in [0.1, 0.15) is 5.56 Å². The Morgan fingerprint density at radius 2 is 2.13 bits per heavy atom. The van der Waals surface area contributed by atoms with E-state index in [0.717, 1.165) is 18.5 Å². The summed E-state index contributed by atoms with van der Waals surface area (Å²) < 4.78 is 0. The summed E-state index contributed by atoms with van der Waals surface area (Å²) in [5, 5.41) is 19.9. The maximum absolute atomic E-state index is 12.8. The van der Waals surface area contributed by atoms with Crippen molar-refractivity contribution in [3.05, 3.63) is 33.2 Å². The largest absolute Gasteiger partial charge is 0.393 e. The summed E-state index contributed by atoms with van der Waals surface area (Å²) in [7, 11) is 0. The van der Waals surface area contributed by atoms with Crippen LogP contribution in [0.15, 0.2) is 10.9 Å². The Bertz CT molecular complexity index is 654. The van der Waals surface area contributed by atoms with Gasteiger partial charge in [0.25, 0.3) is 11.5 Å². The summed E-state index contributed by atoms with van der Waals surface area (Å²) in [6.07, 6.45) is 2.39. The van der Waals surface area contributed by atoms with Gasteiger partial charge >= 0.3 is 0 Å². The number of hydrogen-bond acceptors (Lipinski definition) is 4. The molecule has 3 atom stereocenters. The number of aliphatic hydroxyl groups is 2. The minimum atomic E-state index is -0.618. The molecule has 1 fully saturated rings. The first-order valence-corrected chi connectivity index (χ1v) is 8.37. The van der Waals surface area contributed by atoms with Gasteiger partial charge < -0.3 is 20.1 Å². The lowest BCUT2D eigenvalue weighted by molar-refractivity contribution is 0.0739. The number of hydrogen-bond donors (Lipinski definition) is 3. The number of likely N-dealkylation sites (tertiary alicyclic amines) is 1. The number of rotatable bonds is 1. The fourth-order valence-corrected chi connectivity index (χ4v) is 3.66. The number of nitrogens with zero attached hydrogens (tertiary/aromatic N) is 1. The summed E-state index contributed by atoms with van der Waals surface area (Å²) >= 11 is 0. The van der Waals surface area contributed by atoms with Gasteiger partial charge in [0.2, 0.25) is 0 Å². The van der Waals surface area contributed by atoms with Crippen molar-refractivity contribution in [2.45, 2.75) is 51.2 Å². The van der Waals surface area contributed by atoms with E-state index in [4.69, 9.17) is 0 Å². The average Bonchev–Trinajstić information content (AvgIpc) is 2.67. The van der Waals surface area contributed by atoms with Gasteiger partial charge in [0.05, 0.1) is 12.2 Å². The van der Waals surface area contributed by atoms with Crippen LogP contribution in [0.5, 0.6) is 0 Å². The van der Waals surface area contributed by atoms with Gasteiger partial charge in [0, 0.05) is 24.3 Å². The van der Waals surface area contributed by atoms with E-state index in [1.165, 1.54) is 0 Å². The van der Waals surface area contributed by atoms with Gasteiger partial charge in [-0.2, -0.15) is 0 Å². The fraction of sp³-hybridized carbons (Fsp3) is 0.647. The molecule has 0 bridgehead atoms. The maximum Gasteiger partial charge on any atom is 0.261 e. The molecule has 6 heteroatoms. The topological polar surface area (TPSA) is 93.6 Å². The van der Waals surface area contributed by atoms with E-state index in [1.807, 2.05) is 6.92 Å². The lowest BCUT2D eigenvalue weighted by Crippen LogP contribution is -2.38. The van der Waals surface area contributed by atoms with Crippen LogP contribution in [0.2, 0.25) is 0 Å². The summed E-state index contributed by atoms with van der Waals surface area (Å²) in [4.78, 5) is 29.5. The van der Waals surface area contributed by atoms with E-state index in [9.17, 15) is 19.8 Å². The van der Waals surface area contributed by atoms with Crippen molar-refractivity contribution in [3.63, 3.8) is 0 Å². The third kappa shape index (κ3) is 3.33. The van der Waals surface area contributed by atoms with Crippen LogP contribution >= 0.6 is 0 Å². The number of H-pyrrole nitrogens is 1. The van der Waals surface area contributed by atoms with Crippen LogP contribution in [-0.4, -0.2) is 45.2 Å². The molecule has 0 aromatic carbocycles. The number of aryl methyl sites for hydroxylation is 1. The molecule has 2 aliphatic rings. The zero-order chi connectivity index (χ0) is 16.6. The van der Waals surface area contributed by atoms with Gasteiger partial charge in [-0.25, -0.2) is 0 Å². The average molecular weight is 320 g/mol. The van der Waals surface area contributed by atoms with E-state index >= 15 is 0 Å². The van der Waals surface area contributed by atoms with Gasteiger partial charge in [0.15, 0.2) is 0 Å². The van der Waals surface area contributed by atoms with Crippen molar-refractivity contribution in [3.8, 4) is 0 Å². The molecule has 3 N–H and O–H groups in total. The SMILES string of the molecule is CC1CC(O)CCN(C(=O)c2cc3c([nH]c2=O)CCCC3O)C1. The first-order chi connectivity index (χ1) is 11.0. The Kier molecular flexibility index (Phi) is 4.55. The van der Waals surface area contributed by atoms with Gasteiger partial charge in [-0.3, -0.25) is 9.59 Å². The maximum atomic E-state index is 12.8. The number of carbonyl (C=O) groups is 1. The van der Waals surface area contributed by atoms with Crippen LogP contribution in [0.4, 0.5) is 0 Å². The Hall–Kier alpha value is -1.66. The summed E-state index contributed by atoms with van der Waals surface area (Å²) in [5.74, 6) is -0.119. The third-order valence-corrected chi connectivity index (χ3v) is 4.88. The molecule has 1 saturated heterocycles. The van der Waals surface area contributed by atoms with E-state index in [1.54, 1.807) is 11.0 Å². The van der Waals surface area contributed by atoms with Crippen LogP contribution < -0.4 is 5.56 Å². The molecule has 3 rings (SSSR count). The molecule has 1 amide bonds. The highest BCUT2D eigenvalue weighted by atomic mass is 16.3. The van der Waals surface area contributed by atoms with Gasteiger partial charge in [-0.1, -0.05) is 6.92 Å². The van der Waals surface area contributed by atoms with Crippen molar-refractivity contribution < 1.29 is 15.0 Å². The number of amides is 1. The number of aromatic nitrogens is 1. The summed E-state index contributed by atoms with van der Waals surface area (Å²) in [6, 6.07) is 1.56. The molecule has 1 aliphatic carbocycles. The quantitative estimate of drug-likeness (QED) is 0.719. The number of aliphatic hydroxyl groups excluding tert-OH is 2. The standard InChI is InChI=1S/C17H24N2O4/c1-10-7-11(20)5-6-19(9-10)17(23)13-8-12-14(18-16(13)22)3-2-4-15(12)21/h8,10-11,15,20-21H,2-7,9H2,1H3,(H,18,22). The van der Waals surface area contributed by atoms with Crippen LogP contribution in [0.3, 0.4) is 0 Å². The van der Waals surface area contributed by atoms with Crippen molar-refractivity contribution in [1.29, 1.82) is 0 Å². The van der Waals surface area contributed by atoms with Crippen molar-refractivity contribution in [2.75, 3.05) is 13.1 Å². The molecular formula is C17H24N2O4. The highest BCUT2D eigenvalue weighted by molar-refractivity contribution is 5.94. The second-order valence-electron chi connectivity index (χ2n) is 6.89. The Morgan fingerprint density at radius 3 is 2.91 bits per heavy atom. The van der Waals surface area contributed by atoms with Crippen molar-refractivity contribution in [2.24, 2.45) is 5.92 Å². The second-order valence-corrected chi connectivity index (χ2v) is 6.89. The van der Waals surface area contributed by atoms with Crippen LogP contribution in [0.1, 0.15) is 60.3 Å². The van der Waals surface area contributed by atoms with Crippen LogP contribution in [-0.2, 0) is 6.42 Å². The first-order valence-electron chi connectivity index (χ1n) is 8.37. The normalized spacial score (nSPS) is 28.1. The number of pyridine rings is 1. The zero-order valence-electron chi connectivity index (χ0n) is 13.4. The molecule has 1 aliphatic heterocycles. The second kappa shape index (κ2) is 6.45. The summed E-state index contributed by atoms with van der Waals surface area (Å²) in [5.41, 5.74) is 1.11. The molecule has 3 unspecified atom stereocenters. The predicted octanol–water partition coefficient (Wildman–Crippen LogP) is 0.978.